The molecule has 0 heterocycles. The van der Waals surface area contributed by atoms with Gasteiger partial charge in [-0.3, -0.25) is 0 Å². The van der Waals surface area contributed by atoms with E-state index in [1.54, 1.807) is 60.5 Å². The van der Waals surface area contributed by atoms with E-state index >= 15 is 0 Å². The molecule has 1 atom stereocenters. The Hall–Kier alpha value is -3.72. The third-order valence-corrected chi connectivity index (χ3v) is 6.82. The van der Waals surface area contributed by atoms with Gasteiger partial charge < -0.3 is 23.9 Å². The van der Waals surface area contributed by atoms with Gasteiger partial charge in [0.2, 0.25) is 0 Å². The molecular weight excluding hydrogens is 468 g/mol. The van der Waals surface area contributed by atoms with Gasteiger partial charge in [0.05, 0.1) is 19.9 Å². The lowest BCUT2D eigenvalue weighted by Crippen LogP contribution is -2.40. The summed E-state index contributed by atoms with van der Waals surface area (Å²) in [5, 5.41) is 2.91. The molecule has 0 aromatic heterocycles. The van der Waals surface area contributed by atoms with Crippen LogP contribution in [0.4, 0.5) is 10.5 Å². The highest BCUT2D eigenvalue weighted by molar-refractivity contribution is 7.87. The fourth-order valence-corrected chi connectivity index (χ4v) is 4.28. The standard InChI is InChI=1S/C26H30N2O6S/c1-5-19(2)28(26(29)27-24-8-6-7-9-25(24)33-4)18-20-10-12-22(13-11-20)34-35(30,31)23-16-14-21(32-3)15-17-23/h6-17,19H,5,18H2,1-4H3,(H,27,29)/t19-/m0/s1. The van der Waals surface area contributed by atoms with Crippen molar-refractivity contribution in [1.29, 1.82) is 0 Å². The Kier molecular flexibility index (Phi) is 8.59. The largest absolute Gasteiger partial charge is 0.497 e. The zero-order valence-corrected chi connectivity index (χ0v) is 21.0. The molecule has 0 aliphatic rings. The van der Waals surface area contributed by atoms with E-state index < -0.39 is 10.1 Å². The molecule has 0 aliphatic carbocycles. The monoisotopic (exact) mass is 498 g/mol. The zero-order valence-electron chi connectivity index (χ0n) is 20.2. The summed E-state index contributed by atoms with van der Waals surface area (Å²) in [6.07, 6.45) is 0.765. The summed E-state index contributed by atoms with van der Waals surface area (Å²) in [5.41, 5.74) is 1.41. The van der Waals surface area contributed by atoms with Gasteiger partial charge in [0.25, 0.3) is 0 Å². The number of ether oxygens (including phenoxy) is 2. The second kappa shape index (κ2) is 11.6. The van der Waals surface area contributed by atoms with E-state index in [-0.39, 0.29) is 22.7 Å². The summed E-state index contributed by atoms with van der Waals surface area (Å²) in [6, 6.07) is 19.5. The van der Waals surface area contributed by atoms with Gasteiger partial charge in [-0.05, 0) is 67.4 Å². The van der Waals surface area contributed by atoms with E-state index in [9.17, 15) is 13.2 Å². The van der Waals surface area contributed by atoms with Crippen molar-refractivity contribution in [2.45, 2.75) is 37.8 Å². The first-order valence-electron chi connectivity index (χ1n) is 11.2. The third kappa shape index (κ3) is 6.66. The molecule has 0 fully saturated rings. The maximum absolute atomic E-state index is 13.1. The van der Waals surface area contributed by atoms with Gasteiger partial charge in [0.15, 0.2) is 0 Å². The van der Waals surface area contributed by atoms with Gasteiger partial charge in [-0.1, -0.05) is 31.2 Å². The van der Waals surface area contributed by atoms with E-state index in [0.717, 1.165) is 12.0 Å². The normalized spacial score (nSPS) is 11.9. The number of hydrogen-bond donors (Lipinski definition) is 1. The van der Waals surface area contributed by atoms with Gasteiger partial charge in [-0.15, -0.1) is 0 Å². The Balaban J connectivity index is 1.72. The minimum Gasteiger partial charge on any atom is -0.497 e. The number of nitrogens with zero attached hydrogens (tertiary/aromatic N) is 1. The third-order valence-electron chi connectivity index (χ3n) is 5.56. The summed E-state index contributed by atoms with van der Waals surface area (Å²) in [7, 11) is -0.931. The van der Waals surface area contributed by atoms with E-state index in [1.165, 1.54) is 19.2 Å². The molecule has 3 rings (SSSR count). The number of carbonyl (C=O) groups is 1. The van der Waals surface area contributed by atoms with Gasteiger partial charge >= 0.3 is 16.1 Å². The van der Waals surface area contributed by atoms with Crippen LogP contribution < -0.4 is 19.0 Å². The van der Waals surface area contributed by atoms with E-state index in [4.69, 9.17) is 13.7 Å². The molecule has 2 amide bonds. The number of hydrogen-bond acceptors (Lipinski definition) is 6. The van der Waals surface area contributed by atoms with Gasteiger partial charge in [-0.2, -0.15) is 8.42 Å². The summed E-state index contributed by atoms with van der Waals surface area (Å²) in [5.74, 6) is 1.30. The SMILES string of the molecule is CC[C@H](C)N(Cc1ccc(OS(=O)(=O)c2ccc(OC)cc2)cc1)C(=O)Nc1ccccc1OC. The van der Waals surface area contributed by atoms with Crippen molar-refractivity contribution in [3.8, 4) is 17.2 Å². The second-order valence-electron chi connectivity index (χ2n) is 7.87. The Morgan fingerprint density at radius 3 is 2.14 bits per heavy atom. The van der Waals surface area contributed by atoms with Gasteiger partial charge in [-0.25, -0.2) is 4.79 Å². The smallest absolute Gasteiger partial charge is 0.339 e. The lowest BCUT2D eigenvalue weighted by Gasteiger charge is -2.29. The molecule has 0 saturated carbocycles. The van der Waals surface area contributed by atoms with Crippen molar-refractivity contribution in [1.82, 2.24) is 4.90 Å². The Labute approximate surface area is 206 Å². The average Bonchev–Trinajstić information content (AvgIpc) is 2.87. The molecule has 3 aromatic rings. The Bertz CT molecular complexity index is 1230. The molecule has 0 radical (unpaired) electrons. The van der Waals surface area contributed by atoms with Crippen molar-refractivity contribution in [3.05, 3.63) is 78.4 Å². The first-order valence-corrected chi connectivity index (χ1v) is 12.6. The van der Waals surface area contributed by atoms with Crippen molar-refractivity contribution in [3.63, 3.8) is 0 Å². The lowest BCUT2D eigenvalue weighted by atomic mass is 10.1. The van der Waals surface area contributed by atoms with Gasteiger partial charge in [0, 0.05) is 12.6 Å². The van der Waals surface area contributed by atoms with Crippen LogP contribution in [-0.4, -0.2) is 39.6 Å². The molecule has 186 valence electrons. The number of amides is 2. The number of para-hydroxylation sites is 2. The first kappa shape index (κ1) is 25.9. The number of rotatable bonds is 10. The molecule has 0 bridgehead atoms. The van der Waals surface area contributed by atoms with E-state index in [0.29, 0.717) is 23.7 Å². The Morgan fingerprint density at radius 1 is 0.914 bits per heavy atom. The lowest BCUT2D eigenvalue weighted by molar-refractivity contribution is 0.187. The fraction of sp³-hybridized carbons (Fsp3) is 0.269. The molecule has 0 aliphatic heterocycles. The number of nitrogens with one attached hydrogen (secondary N) is 1. The number of anilines is 1. The van der Waals surface area contributed by atoms with Crippen molar-refractivity contribution in [2.24, 2.45) is 0 Å². The highest BCUT2D eigenvalue weighted by atomic mass is 32.2. The molecule has 35 heavy (non-hydrogen) atoms. The maximum Gasteiger partial charge on any atom is 0.339 e. The van der Waals surface area contributed by atoms with Crippen LogP contribution >= 0.6 is 0 Å². The molecule has 0 unspecified atom stereocenters. The summed E-state index contributed by atoms with van der Waals surface area (Å²) in [6.45, 7) is 4.32. The quantitative estimate of drug-likeness (QED) is 0.381. The van der Waals surface area contributed by atoms with E-state index in [2.05, 4.69) is 5.32 Å². The highest BCUT2D eigenvalue weighted by Crippen LogP contribution is 2.25. The second-order valence-corrected chi connectivity index (χ2v) is 9.42. The van der Waals surface area contributed by atoms with Crippen LogP contribution in [0.25, 0.3) is 0 Å². The zero-order chi connectivity index (χ0) is 25.4. The van der Waals surface area contributed by atoms with Crippen LogP contribution in [0.1, 0.15) is 25.8 Å². The molecule has 3 aromatic carbocycles. The number of benzene rings is 3. The predicted molar refractivity (Wildman–Crippen MR) is 135 cm³/mol. The van der Waals surface area contributed by atoms with Crippen LogP contribution in [0.5, 0.6) is 17.2 Å². The molecule has 1 N–H and O–H groups in total. The molecular formula is C26H30N2O6S. The van der Waals surface area contributed by atoms with Gasteiger partial charge in [0.1, 0.15) is 22.1 Å². The Morgan fingerprint density at radius 2 is 1.54 bits per heavy atom. The molecule has 8 nitrogen and oxygen atoms in total. The van der Waals surface area contributed by atoms with Crippen LogP contribution in [0.15, 0.2) is 77.7 Å². The van der Waals surface area contributed by atoms with Crippen LogP contribution in [0, 0.1) is 0 Å². The fourth-order valence-electron chi connectivity index (χ4n) is 3.35. The summed E-state index contributed by atoms with van der Waals surface area (Å²) < 4.78 is 40.8. The first-order chi connectivity index (χ1) is 16.8. The van der Waals surface area contributed by atoms with Crippen molar-refractivity contribution < 1.29 is 26.9 Å². The molecule has 0 spiro atoms. The average molecular weight is 499 g/mol. The molecule has 0 saturated heterocycles. The number of carbonyl (C=O) groups excluding carboxylic acids is 1. The van der Waals surface area contributed by atoms with Crippen molar-refractivity contribution >= 4 is 21.8 Å². The summed E-state index contributed by atoms with van der Waals surface area (Å²) >= 11 is 0. The summed E-state index contributed by atoms with van der Waals surface area (Å²) in [4.78, 5) is 14.8. The minimum absolute atomic E-state index is 0.0262. The molecule has 9 heteroatoms. The topological polar surface area (TPSA) is 94.2 Å². The van der Waals surface area contributed by atoms with Crippen LogP contribution in [-0.2, 0) is 16.7 Å². The van der Waals surface area contributed by atoms with Crippen molar-refractivity contribution in [2.75, 3.05) is 19.5 Å². The predicted octanol–water partition coefficient (Wildman–Crippen LogP) is 5.30. The maximum atomic E-state index is 13.1. The van der Waals surface area contributed by atoms with E-state index in [1.807, 2.05) is 26.0 Å². The highest BCUT2D eigenvalue weighted by Gasteiger charge is 2.21. The minimum atomic E-state index is -3.99. The number of urea groups is 1. The van der Waals surface area contributed by atoms with Crippen LogP contribution in [0.3, 0.4) is 0 Å². The van der Waals surface area contributed by atoms with Crippen LogP contribution in [0.2, 0.25) is 0 Å². The number of methoxy groups -OCH3 is 2.